The number of methoxy groups -OCH3 is 2. The molecule has 0 amide bonds. The molecule has 0 unspecified atom stereocenters. The van der Waals surface area contributed by atoms with Crippen LogP contribution in [0.3, 0.4) is 0 Å². The van der Waals surface area contributed by atoms with E-state index < -0.39 is 11.6 Å². The molecule has 108 valence electrons. The van der Waals surface area contributed by atoms with Crippen molar-refractivity contribution in [3.05, 3.63) is 42.0 Å². The fourth-order valence-electron chi connectivity index (χ4n) is 2.13. The van der Waals surface area contributed by atoms with Crippen LogP contribution in [-0.4, -0.2) is 24.2 Å². The minimum absolute atomic E-state index is 0.360. The maximum atomic E-state index is 13.2. The monoisotopic (exact) mass is 290 g/mol. The average molecular weight is 290 g/mol. The van der Waals surface area contributed by atoms with Gasteiger partial charge in [0.05, 0.1) is 25.3 Å². The van der Waals surface area contributed by atoms with Gasteiger partial charge in [0, 0.05) is 17.7 Å². The van der Waals surface area contributed by atoms with Crippen molar-refractivity contribution in [3.63, 3.8) is 0 Å². The molecule has 3 rings (SSSR count). The highest BCUT2D eigenvalue weighted by molar-refractivity contribution is 5.80. The Balaban J connectivity index is 2.12. The van der Waals surface area contributed by atoms with Crippen molar-refractivity contribution >= 4 is 11.0 Å². The third kappa shape index (κ3) is 2.29. The van der Waals surface area contributed by atoms with Crippen molar-refractivity contribution in [2.45, 2.75) is 0 Å². The van der Waals surface area contributed by atoms with Crippen LogP contribution in [0.5, 0.6) is 11.5 Å². The van der Waals surface area contributed by atoms with Gasteiger partial charge < -0.3 is 14.5 Å². The van der Waals surface area contributed by atoms with Crippen LogP contribution in [0.15, 0.2) is 30.3 Å². The molecule has 0 aliphatic rings. The Morgan fingerprint density at radius 2 is 1.67 bits per heavy atom. The van der Waals surface area contributed by atoms with E-state index in [0.717, 1.165) is 17.7 Å². The van der Waals surface area contributed by atoms with E-state index in [0.29, 0.717) is 28.4 Å². The highest BCUT2D eigenvalue weighted by atomic mass is 19.2. The maximum absolute atomic E-state index is 13.2. The minimum atomic E-state index is -0.923. The SMILES string of the molecule is COc1ccc(-c2nc3cc(F)c(F)cc3[nH]2)cc1OC. The van der Waals surface area contributed by atoms with E-state index in [9.17, 15) is 8.78 Å². The summed E-state index contributed by atoms with van der Waals surface area (Å²) in [7, 11) is 3.08. The van der Waals surface area contributed by atoms with Crippen LogP contribution in [0.1, 0.15) is 0 Å². The van der Waals surface area contributed by atoms with Gasteiger partial charge in [-0.25, -0.2) is 13.8 Å². The second kappa shape index (κ2) is 5.05. The Bertz CT molecular complexity index is 776. The maximum Gasteiger partial charge on any atom is 0.161 e. The van der Waals surface area contributed by atoms with Crippen molar-refractivity contribution in [1.82, 2.24) is 9.97 Å². The molecule has 4 nitrogen and oxygen atoms in total. The summed E-state index contributed by atoms with van der Waals surface area (Å²) in [6.45, 7) is 0. The number of nitrogens with zero attached hydrogens (tertiary/aromatic N) is 1. The lowest BCUT2D eigenvalue weighted by atomic mass is 10.2. The molecule has 0 aliphatic carbocycles. The van der Waals surface area contributed by atoms with Crippen LogP contribution in [0.25, 0.3) is 22.4 Å². The lowest BCUT2D eigenvalue weighted by Crippen LogP contribution is -1.91. The van der Waals surface area contributed by atoms with Gasteiger partial charge in [-0.2, -0.15) is 0 Å². The number of rotatable bonds is 3. The summed E-state index contributed by atoms with van der Waals surface area (Å²) in [5.41, 5.74) is 1.52. The normalized spacial score (nSPS) is 10.9. The molecule has 3 aromatic rings. The Kier molecular flexibility index (Phi) is 3.21. The summed E-state index contributed by atoms with van der Waals surface area (Å²) >= 11 is 0. The molecule has 0 saturated heterocycles. The number of ether oxygens (including phenoxy) is 2. The molecule has 1 heterocycles. The van der Waals surface area contributed by atoms with E-state index in [1.54, 1.807) is 25.3 Å². The molecule has 0 radical (unpaired) electrons. The molecule has 0 saturated carbocycles. The smallest absolute Gasteiger partial charge is 0.161 e. The summed E-state index contributed by atoms with van der Waals surface area (Å²) in [4.78, 5) is 7.21. The van der Waals surface area contributed by atoms with Gasteiger partial charge in [-0.15, -0.1) is 0 Å². The fraction of sp³-hybridized carbons (Fsp3) is 0.133. The molecule has 2 aromatic carbocycles. The number of aromatic amines is 1. The standard InChI is InChI=1S/C15H12F2N2O2/c1-20-13-4-3-8(5-14(13)21-2)15-18-11-6-9(16)10(17)7-12(11)19-15/h3-7H,1-2H3,(H,18,19). The van der Waals surface area contributed by atoms with E-state index in [4.69, 9.17) is 9.47 Å². The minimum Gasteiger partial charge on any atom is -0.493 e. The number of hydrogen-bond donors (Lipinski definition) is 1. The topological polar surface area (TPSA) is 47.1 Å². The fourth-order valence-corrected chi connectivity index (χ4v) is 2.13. The van der Waals surface area contributed by atoms with E-state index in [2.05, 4.69) is 9.97 Å². The van der Waals surface area contributed by atoms with Crippen LogP contribution in [0.4, 0.5) is 8.78 Å². The number of H-pyrrole nitrogens is 1. The van der Waals surface area contributed by atoms with Crippen LogP contribution in [0.2, 0.25) is 0 Å². The summed E-state index contributed by atoms with van der Waals surface area (Å²) in [6.07, 6.45) is 0. The first-order valence-electron chi connectivity index (χ1n) is 6.19. The van der Waals surface area contributed by atoms with Gasteiger partial charge in [-0.3, -0.25) is 0 Å². The number of imidazole rings is 1. The van der Waals surface area contributed by atoms with Gasteiger partial charge >= 0.3 is 0 Å². The van der Waals surface area contributed by atoms with E-state index >= 15 is 0 Å². The summed E-state index contributed by atoms with van der Waals surface area (Å²) in [5, 5.41) is 0. The second-order valence-electron chi connectivity index (χ2n) is 4.44. The van der Waals surface area contributed by atoms with Gasteiger partial charge in [0.1, 0.15) is 5.82 Å². The summed E-state index contributed by atoms with van der Waals surface area (Å²) < 4.78 is 36.8. The quantitative estimate of drug-likeness (QED) is 0.802. The molecule has 0 spiro atoms. The molecule has 0 aliphatic heterocycles. The van der Waals surface area contributed by atoms with Crippen molar-refractivity contribution in [3.8, 4) is 22.9 Å². The van der Waals surface area contributed by atoms with Crippen molar-refractivity contribution in [2.24, 2.45) is 0 Å². The number of halogens is 2. The highest BCUT2D eigenvalue weighted by Crippen LogP contribution is 2.32. The van der Waals surface area contributed by atoms with Crippen LogP contribution >= 0.6 is 0 Å². The van der Waals surface area contributed by atoms with Crippen molar-refractivity contribution in [1.29, 1.82) is 0 Å². The van der Waals surface area contributed by atoms with Crippen LogP contribution in [-0.2, 0) is 0 Å². The Morgan fingerprint density at radius 1 is 0.952 bits per heavy atom. The van der Waals surface area contributed by atoms with Gasteiger partial charge in [0.2, 0.25) is 0 Å². The largest absolute Gasteiger partial charge is 0.493 e. The number of benzene rings is 2. The molecule has 0 bridgehead atoms. The van der Waals surface area contributed by atoms with Crippen molar-refractivity contribution in [2.75, 3.05) is 14.2 Å². The molecular weight excluding hydrogens is 278 g/mol. The molecule has 0 fully saturated rings. The number of nitrogens with one attached hydrogen (secondary N) is 1. The summed E-state index contributed by atoms with van der Waals surface area (Å²) in [6, 6.07) is 7.41. The van der Waals surface area contributed by atoms with Gasteiger partial charge in [0.15, 0.2) is 23.1 Å². The zero-order valence-electron chi connectivity index (χ0n) is 11.4. The summed E-state index contributed by atoms with van der Waals surface area (Å²) in [5.74, 6) is -0.198. The zero-order valence-corrected chi connectivity index (χ0v) is 11.4. The van der Waals surface area contributed by atoms with E-state index in [-0.39, 0.29) is 0 Å². The lowest BCUT2D eigenvalue weighted by Gasteiger charge is -2.08. The molecule has 0 atom stereocenters. The Morgan fingerprint density at radius 3 is 2.38 bits per heavy atom. The van der Waals surface area contributed by atoms with Gasteiger partial charge in [-0.05, 0) is 18.2 Å². The third-order valence-corrected chi connectivity index (χ3v) is 3.18. The van der Waals surface area contributed by atoms with E-state index in [1.807, 2.05) is 0 Å². The lowest BCUT2D eigenvalue weighted by molar-refractivity contribution is 0.355. The van der Waals surface area contributed by atoms with Gasteiger partial charge in [0.25, 0.3) is 0 Å². The average Bonchev–Trinajstić information content (AvgIpc) is 2.89. The van der Waals surface area contributed by atoms with Gasteiger partial charge in [-0.1, -0.05) is 0 Å². The molecule has 1 aromatic heterocycles. The first kappa shape index (κ1) is 13.4. The third-order valence-electron chi connectivity index (χ3n) is 3.18. The Hall–Kier alpha value is -2.63. The zero-order chi connectivity index (χ0) is 15.0. The van der Waals surface area contributed by atoms with E-state index in [1.165, 1.54) is 7.11 Å². The first-order chi connectivity index (χ1) is 10.1. The van der Waals surface area contributed by atoms with Crippen molar-refractivity contribution < 1.29 is 18.3 Å². The molecule has 6 heteroatoms. The predicted molar refractivity (Wildman–Crippen MR) is 74.5 cm³/mol. The highest BCUT2D eigenvalue weighted by Gasteiger charge is 2.12. The van der Waals surface area contributed by atoms with Crippen LogP contribution in [0, 0.1) is 11.6 Å². The molecule has 1 N–H and O–H groups in total. The molecule has 21 heavy (non-hydrogen) atoms. The van der Waals surface area contributed by atoms with Crippen LogP contribution < -0.4 is 9.47 Å². The number of fused-ring (bicyclic) bond motifs is 1. The predicted octanol–water partition coefficient (Wildman–Crippen LogP) is 3.53. The number of hydrogen-bond acceptors (Lipinski definition) is 3. The Labute approximate surface area is 119 Å². The second-order valence-corrected chi connectivity index (χ2v) is 4.44. The number of aromatic nitrogens is 2. The molecular formula is C15H12F2N2O2. The first-order valence-corrected chi connectivity index (χ1v) is 6.19.